The van der Waals surface area contributed by atoms with Crippen LogP contribution in [0.15, 0.2) is 115 Å². The lowest BCUT2D eigenvalue weighted by Crippen LogP contribution is -2.62. The molecule has 105 heavy (non-hydrogen) atoms. The second-order valence-electron chi connectivity index (χ2n) is 26.4. The van der Waals surface area contributed by atoms with Crippen molar-refractivity contribution >= 4 is 53.2 Å². The number of carbonyl (C=O) groups excluding carboxylic acids is 6. The van der Waals surface area contributed by atoms with E-state index >= 15 is 19.2 Å². The average Bonchev–Trinajstić information content (AvgIpc) is 1.28. The van der Waals surface area contributed by atoms with Crippen molar-refractivity contribution in [2.75, 3.05) is 13.7 Å². The smallest absolute Gasteiger partial charge is 0.408 e. The Bertz CT molecular complexity index is 4310. The van der Waals surface area contributed by atoms with Gasteiger partial charge in [-0.2, -0.15) is 0 Å². The Morgan fingerprint density at radius 1 is 0.610 bits per heavy atom. The highest BCUT2D eigenvalue weighted by Gasteiger charge is 2.51. The number of rotatable bonds is 11. The first-order valence-corrected chi connectivity index (χ1v) is 33.8. The van der Waals surface area contributed by atoms with Crippen LogP contribution in [-0.4, -0.2) is 194 Å². The van der Waals surface area contributed by atoms with Crippen molar-refractivity contribution < 1.29 is 122 Å². The van der Waals surface area contributed by atoms with Gasteiger partial charge in [0.2, 0.25) is 41.6 Å². The number of alkyl carbamates (subject to hydrolysis) is 1. The third-order valence-electron chi connectivity index (χ3n) is 19.3. The van der Waals surface area contributed by atoms with Crippen LogP contribution >= 0.6 is 11.6 Å². The van der Waals surface area contributed by atoms with Crippen LogP contribution < -0.4 is 57.6 Å². The molecule has 0 unspecified atom stereocenters. The molecular formula is C71H75ClN8O25. The molecule has 18 N–H and O–H groups in total. The Labute approximate surface area is 601 Å². The second kappa shape index (κ2) is 30.2. The number of carbonyl (C=O) groups is 7. The molecule has 0 aromatic heterocycles. The first-order chi connectivity index (χ1) is 50.2. The zero-order valence-electron chi connectivity index (χ0n) is 56.0. The number of fused-ring (bicyclic) bond motifs is 13. The van der Waals surface area contributed by atoms with E-state index in [1.54, 1.807) is 37.3 Å². The van der Waals surface area contributed by atoms with Gasteiger partial charge in [-0.05, 0) is 96.3 Å². The molecule has 9 heterocycles. The maximum Gasteiger partial charge on any atom is 0.408 e. The van der Waals surface area contributed by atoms with Gasteiger partial charge in [0.05, 0.1) is 36.0 Å². The summed E-state index contributed by atoms with van der Waals surface area (Å²) in [5, 5.41) is 106. The number of phenolic OH excluding ortho intramolecular Hbond substituents is 3. The fourth-order valence-corrected chi connectivity index (χ4v) is 14.2. The van der Waals surface area contributed by atoms with Crippen molar-refractivity contribution in [3.63, 3.8) is 0 Å². The van der Waals surface area contributed by atoms with E-state index in [-0.39, 0.29) is 58.0 Å². The standard InChI is InChI=1S/C71H75ClN8O25/c1-27-56(85)39(73)24-48(97-27)103-63-58(87)57(86)47(26-81)101-70(63)104-62-45-20-33-21-46(62)100-44-16-12-32(19-38(44)72)61(102-49-25-40(74)59(96-3)28(2)98-49)54-68(92)78-53(69(93)94)37-22-34(82)23-43(84)50(37)36-18-31(11-15-42(36)83)51(65(89)79-54)77-66(90)52(33)76-64(88)41(17-29-7-5-4-6-8-29)75-67(91)55-60(105-71(95)80-55)30-9-13-35(99-45)14-10-30/h4-16,18-23,27-28,39-41,47-49,51-61,63,70,81-87H,17,24-26,73-74H2,1-3H3,(H,75,91)(H,76,88)(H,77,90)(H,78,92)(H,79,89)(H,80,95)(H,93,94)/t27-,28-,39-,40-,41-,47+,48-,49-,51+,52+,53-,54-,55+,56-,57+,58-,59-,60+,61+,63+,70-/m0/s1. The summed E-state index contributed by atoms with van der Waals surface area (Å²) in [6.07, 6.45) is -20.2. The first kappa shape index (κ1) is 73.3. The number of phenols is 3. The van der Waals surface area contributed by atoms with Gasteiger partial charge in [0.15, 0.2) is 48.4 Å². The van der Waals surface area contributed by atoms with Gasteiger partial charge in [-0.3, -0.25) is 24.0 Å². The number of aliphatic carboxylic acids is 1. The largest absolute Gasteiger partial charge is 0.508 e. The second-order valence-corrected chi connectivity index (χ2v) is 26.8. The zero-order valence-corrected chi connectivity index (χ0v) is 56.7. The van der Waals surface area contributed by atoms with Gasteiger partial charge < -0.3 is 132 Å². The predicted molar refractivity (Wildman–Crippen MR) is 360 cm³/mol. The number of hydrogen-bond acceptors (Lipinski definition) is 26. The summed E-state index contributed by atoms with van der Waals surface area (Å²) >= 11 is 7.37. The molecule has 9 aliphatic heterocycles. The van der Waals surface area contributed by atoms with E-state index in [1.165, 1.54) is 74.7 Å². The Hall–Kier alpha value is -9.98. The molecule has 15 rings (SSSR count). The molecule has 4 fully saturated rings. The Kier molecular flexibility index (Phi) is 21.1. The highest BCUT2D eigenvalue weighted by molar-refractivity contribution is 6.32. The number of hydrogen-bond donors (Lipinski definition) is 16. The summed E-state index contributed by atoms with van der Waals surface area (Å²) < 4.78 is 63.2. The van der Waals surface area contributed by atoms with Gasteiger partial charge in [0, 0.05) is 61.2 Å². The molecule has 0 aliphatic carbocycles. The molecule has 556 valence electrons. The van der Waals surface area contributed by atoms with Crippen LogP contribution in [0.3, 0.4) is 0 Å². The van der Waals surface area contributed by atoms with Gasteiger partial charge in [0.1, 0.15) is 77.3 Å². The molecule has 0 saturated carbocycles. The van der Waals surface area contributed by atoms with Crippen molar-refractivity contribution in [1.29, 1.82) is 0 Å². The number of carboxylic acids is 1. The number of aromatic hydroxyl groups is 3. The molecule has 11 bridgehead atoms. The molecule has 0 spiro atoms. The summed E-state index contributed by atoms with van der Waals surface area (Å²) in [5.74, 6) is -11.7. The number of nitrogens with two attached hydrogens (primary N) is 2. The number of carboxylic acid groups (broad SMARTS) is 1. The minimum atomic E-state index is -2.23. The quantitative estimate of drug-likeness (QED) is 0.0881. The number of benzene rings is 6. The SMILES string of the molecule is CO[C@H]1[C@H](C)O[C@@H](O[C@@H]2c3ccc(c(Cl)c3)Oc3cc4cc(c3O[C@@H]3O[C@H](CO)[C@@H](O)[C@H](O)[C@H]3O[C@H]3C[C@H](N)[C@@H](O)[C@H](C)O3)Oc3ccc(cc3)[C@H]3OC(=O)N[C@H]3C(=O)N[C@@H](Cc3ccccc3)C(=O)N[C@H]4C(=O)N[C@H]3C(=O)N[C@@H]2C(=O)N[C@H](C(=O)O)c2cc(O)cc(O)c2-c2cc3ccc2O)C[C@@H]1N. The van der Waals surface area contributed by atoms with E-state index in [0.717, 1.165) is 24.3 Å². The number of halogens is 1. The van der Waals surface area contributed by atoms with Crippen molar-refractivity contribution in [2.24, 2.45) is 11.5 Å². The van der Waals surface area contributed by atoms with Crippen LogP contribution in [-0.2, 0) is 68.3 Å². The van der Waals surface area contributed by atoms with Gasteiger partial charge in [-0.15, -0.1) is 0 Å². The summed E-state index contributed by atoms with van der Waals surface area (Å²) in [6, 6.07) is 11.8. The Morgan fingerprint density at radius 3 is 1.96 bits per heavy atom. The first-order valence-electron chi connectivity index (χ1n) is 33.4. The lowest BCUT2D eigenvalue weighted by Gasteiger charge is -2.44. The summed E-state index contributed by atoms with van der Waals surface area (Å²) in [6.45, 7) is 2.24. The maximum atomic E-state index is 16.4. The molecule has 4 saturated heterocycles. The fourth-order valence-electron chi connectivity index (χ4n) is 14.0. The van der Waals surface area contributed by atoms with Crippen LogP contribution in [0.2, 0.25) is 5.02 Å². The van der Waals surface area contributed by atoms with Gasteiger partial charge >= 0.3 is 12.1 Å². The highest BCUT2D eigenvalue weighted by Crippen LogP contribution is 2.50. The maximum absolute atomic E-state index is 16.4. The molecule has 6 amide bonds. The van der Waals surface area contributed by atoms with Crippen molar-refractivity contribution in [2.45, 2.75) is 161 Å². The van der Waals surface area contributed by atoms with Crippen LogP contribution in [0, 0.1) is 0 Å². The minimum absolute atomic E-state index is 0.0574. The van der Waals surface area contributed by atoms with E-state index in [4.69, 9.17) is 70.4 Å². The molecule has 21 atom stereocenters. The van der Waals surface area contributed by atoms with Crippen molar-refractivity contribution in [3.05, 3.63) is 154 Å². The van der Waals surface area contributed by atoms with E-state index < -0.39 is 228 Å². The summed E-state index contributed by atoms with van der Waals surface area (Å²) in [7, 11) is 1.42. The van der Waals surface area contributed by atoms with E-state index in [0.29, 0.717) is 5.56 Å². The molecule has 6 aromatic carbocycles. The Balaban J connectivity index is 1.06. The molecule has 9 aliphatic rings. The number of methoxy groups -OCH3 is 1. The minimum Gasteiger partial charge on any atom is -0.508 e. The zero-order chi connectivity index (χ0) is 74.6. The highest BCUT2D eigenvalue weighted by atomic mass is 35.5. The lowest BCUT2D eigenvalue weighted by atomic mass is 9.89. The summed E-state index contributed by atoms with van der Waals surface area (Å²) in [4.78, 5) is 105. The molecule has 6 aromatic rings. The van der Waals surface area contributed by atoms with E-state index in [1.807, 2.05) is 0 Å². The Morgan fingerprint density at radius 2 is 1.27 bits per heavy atom. The van der Waals surface area contributed by atoms with Crippen molar-refractivity contribution in [1.82, 2.24) is 31.9 Å². The number of amides is 6. The predicted octanol–water partition coefficient (Wildman–Crippen LogP) is 1.93. The molecule has 0 radical (unpaired) electrons. The van der Waals surface area contributed by atoms with Crippen LogP contribution in [0.1, 0.15) is 90.4 Å². The van der Waals surface area contributed by atoms with E-state index in [2.05, 4.69) is 31.9 Å². The van der Waals surface area contributed by atoms with Crippen molar-refractivity contribution in [3.8, 4) is 57.1 Å². The topological polar surface area (TPSA) is 498 Å². The number of nitrogens with one attached hydrogen (secondary N) is 6. The number of aliphatic hydroxyl groups excluding tert-OH is 4. The van der Waals surface area contributed by atoms with Crippen LogP contribution in [0.25, 0.3) is 11.1 Å². The lowest BCUT2D eigenvalue weighted by molar-refractivity contribution is -0.330. The fraction of sp³-hybridized carbons (Fsp3) is 0.394. The number of ether oxygens (including phenoxy) is 10. The van der Waals surface area contributed by atoms with E-state index in [9.17, 15) is 55.2 Å². The van der Waals surface area contributed by atoms with Gasteiger partial charge in [-0.25, -0.2) is 9.59 Å². The van der Waals surface area contributed by atoms with Crippen LogP contribution in [0.5, 0.6) is 46.0 Å². The molecule has 34 heteroatoms. The molecule has 33 nitrogen and oxygen atoms in total. The average molecular weight is 1480 g/mol. The number of aliphatic hydroxyl groups is 4. The van der Waals surface area contributed by atoms with Gasteiger partial charge in [0.25, 0.3) is 0 Å². The third kappa shape index (κ3) is 15.0. The third-order valence-corrected chi connectivity index (χ3v) is 19.6. The normalized spacial score (nSPS) is 31.8. The van der Waals surface area contributed by atoms with Gasteiger partial charge in [-0.1, -0.05) is 66.2 Å². The summed E-state index contributed by atoms with van der Waals surface area (Å²) in [5.41, 5.74) is 11.7. The monoisotopic (exact) mass is 1470 g/mol. The molecular weight excluding hydrogens is 1400 g/mol. The van der Waals surface area contributed by atoms with Crippen LogP contribution in [0.4, 0.5) is 4.79 Å².